The SMILES string of the molecule is C1=Cc2nc1c(-c1ccccc1)c1ccc([n-]1)c(-c1ccccc1)c1ccc([n-]1)c(-c1ccccc1)c1ccc2[n-]1.[Au+3]. The van der Waals surface area contributed by atoms with E-state index < -0.39 is 0 Å². The van der Waals surface area contributed by atoms with Crippen molar-refractivity contribution in [3.05, 3.63) is 139 Å². The molecular weight excluding hydrogens is 697 g/mol. The largest absolute Gasteiger partial charge is 3.00 e. The Bertz CT molecular complexity index is 2190. The summed E-state index contributed by atoms with van der Waals surface area (Å²) in [5.74, 6) is 0. The Morgan fingerprint density at radius 2 is 0.667 bits per heavy atom. The minimum absolute atomic E-state index is 0. The third kappa shape index (κ3) is 4.52. The molecule has 0 amide bonds. The van der Waals surface area contributed by atoms with Gasteiger partial charge in [0.25, 0.3) is 0 Å². The monoisotopic (exact) mass is 720 g/mol. The van der Waals surface area contributed by atoms with Gasteiger partial charge in [-0.2, -0.15) is 0 Å². The number of benzene rings is 3. The zero-order valence-corrected chi connectivity index (χ0v) is 24.5. The molecular formula is C37H23AuN4. The maximum atomic E-state index is 5.22. The van der Waals surface area contributed by atoms with Crippen LogP contribution in [0.2, 0.25) is 0 Å². The van der Waals surface area contributed by atoms with Crippen LogP contribution >= 0.6 is 0 Å². The summed E-state index contributed by atoms with van der Waals surface area (Å²) in [6.07, 6.45) is 4.11. The van der Waals surface area contributed by atoms with Crippen molar-refractivity contribution in [2.24, 2.45) is 0 Å². The van der Waals surface area contributed by atoms with Crippen molar-refractivity contribution in [2.45, 2.75) is 0 Å². The average molecular weight is 721 g/mol. The summed E-state index contributed by atoms with van der Waals surface area (Å²) in [5, 5.41) is 0. The quantitative estimate of drug-likeness (QED) is 0.172. The van der Waals surface area contributed by atoms with Crippen molar-refractivity contribution in [1.82, 2.24) is 19.9 Å². The van der Waals surface area contributed by atoms with Gasteiger partial charge in [-0.05, 0) is 45.5 Å². The smallest absolute Gasteiger partial charge is 0.657 e. The molecule has 4 aromatic heterocycles. The molecule has 1 aliphatic heterocycles. The predicted molar refractivity (Wildman–Crippen MR) is 168 cm³/mol. The molecule has 4 nitrogen and oxygen atoms in total. The second-order valence-corrected chi connectivity index (χ2v) is 10.1. The van der Waals surface area contributed by atoms with Crippen LogP contribution in [0, 0.1) is 0 Å². The molecule has 0 spiro atoms. The maximum Gasteiger partial charge on any atom is 3.00 e. The maximum absolute atomic E-state index is 5.22. The third-order valence-electron chi connectivity index (χ3n) is 7.55. The summed E-state index contributed by atoms with van der Waals surface area (Å²) in [5.41, 5.74) is 13.1. The van der Waals surface area contributed by atoms with Gasteiger partial charge in [-0.3, -0.25) is 0 Å². The molecule has 5 heterocycles. The van der Waals surface area contributed by atoms with Crippen LogP contribution in [-0.4, -0.2) is 4.98 Å². The van der Waals surface area contributed by atoms with E-state index in [2.05, 4.69) is 109 Å². The van der Waals surface area contributed by atoms with E-state index in [1.165, 1.54) is 0 Å². The van der Waals surface area contributed by atoms with Crippen LogP contribution in [0.4, 0.5) is 0 Å². The first-order valence-electron chi connectivity index (χ1n) is 13.7. The van der Waals surface area contributed by atoms with Gasteiger partial charge < -0.3 is 15.0 Å². The van der Waals surface area contributed by atoms with Crippen molar-refractivity contribution in [2.75, 3.05) is 0 Å². The van der Waals surface area contributed by atoms with E-state index >= 15 is 0 Å². The number of fused-ring (bicyclic) bond motifs is 9. The fraction of sp³-hybridized carbons (Fsp3) is 0. The van der Waals surface area contributed by atoms with Gasteiger partial charge in [-0.25, -0.2) is 4.98 Å². The van der Waals surface area contributed by atoms with Gasteiger partial charge in [0.15, 0.2) is 0 Å². The first kappa shape index (κ1) is 26.1. The van der Waals surface area contributed by atoms with Gasteiger partial charge in [0.2, 0.25) is 0 Å². The van der Waals surface area contributed by atoms with E-state index in [1.54, 1.807) is 0 Å². The normalized spacial score (nSPS) is 11.5. The van der Waals surface area contributed by atoms with E-state index in [4.69, 9.17) is 19.9 Å². The Hall–Kier alpha value is -4.87. The van der Waals surface area contributed by atoms with Crippen molar-refractivity contribution < 1.29 is 22.4 Å². The second-order valence-electron chi connectivity index (χ2n) is 10.1. The predicted octanol–water partition coefficient (Wildman–Crippen LogP) is 8.58. The molecule has 42 heavy (non-hydrogen) atoms. The Kier molecular flexibility index (Phi) is 6.73. The summed E-state index contributed by atoms with van der Waals surface area (Å²) in [4.78, 5) is 20.6. The third-order valence-corrected chi connectivity index (χ3v) is 7.55. The number of hydrogen-bond acceptors (Lipinski definition) is 1. The molecule has 0 aliphatic carbocycles. The molecule has 3 aromatic carbocycles. The number of hydrogen-bond donors (Lipinski definition) is 0. The molecule has 8 bridgehead atoms. The molecule has 202 valence electrons. The van der Waals surface area contributed by atoms with E-state index in [1.807, 2.05) is 30.3 Å². The molecule has 0 radical (unpaired) electrons. The first-order chi connectivity index (χ1) is 20.3. The Balaban J connectivity index is 0.00000288. The minimum atomic E-state index is 0. The standard InChI is InChI=1S/C37H23N4.Au/c1-4-10-24(11-5-1)35-29-18-16-27(38-29)28-17-19-30(39-28)36(25-12-6-2-7-13-25)32-21-23-34(41-32)37(26-14-8-3-9-15-26)33-22-20-31(35)40-33;/h1-23H;/q-3;+3. The first-order valence-corrected chi connectivity index (χ1v) is 13.7. The van der Waals surface area contributed by atoms with Crippen molar-refractivity contribution in [1.29, 1.82) is 0 Å². The molecule has 8 rings (SSSR count). The minimum Gasteiger partial charge on any atom is -0.657 e. The summed E-state index contributed by atoms with van der Waals surface area (Å²) in [7, 11) is 0. The van der Waals surface area contributed by atoms with Crippen LogP contribution in [0.25, 0.3) is 78.6 Å². The molecule has 0 N–H and O–H groups in total. The topological polar surface area (TPSA) is 55.2 Å². The van der Waals surface area contributed by atoms with Crippen LogP contribution in [0.1, 0.15) is 11.4 Å². The van der Waals surface area contributed by atoms with Gasteiger partial charge in [0.1, 0.15) is 0 Å². The number of aromatic nitrogens is 4. The van der Waals surface area contributed by atoms with Gasteiger partial charge in [-0.1, -0.05) is 127 Å². The summed E-state index contributed by atoms with van der Waals surface area (Å²) in [6.45, 7) is 0. The van der Waals surface area contributed by atoms with E-state index in [-0.39, 0.29) is 22.4 Å². The molecule has 1 aliphatic rings. The van der Waals surface area contributed by atoms with E-state index in [0.717, 1.165) is 77.9 Å². The van der Waals surface area contributed by atoms with Crippen molar-refractivity contribution >= 4 is 45.3 Å². The molecule has 7 aromatic rings. The summed E-state index contributed by atoms with van der Waals surface area (Å²) >= 11 is 0. The van der Waals surface area contributed by atoms with Crippen molar-refractivity contribution in [3.8, 4) is 33.4 Å². The van der Waals surface area contributed by atoms with E-state index in [0.29, 0.717) is 0 Å². The number of nitrogens with zero attached hydrogens (tertiary/aromatic N) is 4. The molecule has 0 saturated carbocycles. The molecule has 0 saturated heterocycles. The Morgan fingerprint density at radius 3 is 1.12 bits per heavy atom. The molecule has 0 unspecified atom stereocenters. The van der Waals surface area contributed by atoms with Gasteiger partial charge in [-0.15, -0.1) is 33.1 Å². The van der Waals surface area contributed by atoms with Crippen LogP contribution in [-0.2, 0) is 22.4 Å². The number of rotatable bonds is 3. The van der Waals surface area contributed by atoms with Gasteiger partial charge in [0.05, 0.1) is 5.69 Å². The zero-order chi connectivity index (χ0) is 27.2. The van der Waals surface area contributed by atoms with Crippen LogP contribution < -0.4 is 15.0 Å². The zero-order valence-electron chi connectivity index (χ0n) is 22.4. The second kappa shape index (κ2) is 10.8. The van der Waals surface area contributed by atoms with Gasteiger partial charge >= 0.3 is 22.4 Å². The Labute approximate surface area is 258 Å². The van der Waals surface area contributed by atoms with Crippen LogP contribution in [0.15, 0.2) is 127 Å². The fourth-order valence-electron chi connectivity index (χ4n) is 5.66. The Morgan fingerprint density at radius 1 is 0.333 bits per heavy atom. The molecule has 5 heteroatoms. The summed E-state index contributed by atoms with van der Waals surface area (Å²) < 4.78 is 0. The fourth-order valence-corrected chi connectivity index (χ4v) is 5.66. The average Bonchev–Trinajstić information content (AvgIpc) is 3.84. The molecule has 0 atom stereocenters. The van der Waals surface area contributed by atoms with Gasteiger partial charge in [0, 0.05) is 5.69 Å². The van der Waals surface area contributed by atoms with Crippen molar-refractivity contribution in [3.63, 3.8) is 0 Å². The molecule has 0 fully saturated rings. The summed E-state index contributed by atoms with van der Waals surface area (Å²) in [6, 6.07) is 43.6. The van der Waals surface area contributed by atoms with Crippen LogP contribution in [0.5, 0.6) is 0 Å². The van der Waals surface area contributed by atoms with Crippen LogP contribution in [0.3, 0.4) is 0 Å². The van der Waals surface area contributed by atoms with E-state index in [9.17, 15) is 0 Å².